The van der Waals surface area contributed by atoms with E-state index >= 15 is 0 Å². The summed E-state index contributed by atoms with van der Waals surface area (Å²) in [6.45, 7) is 3.31. The van der Waals surface area contributed by atoms with Crippen LogP contribution in [-0.2, 0) is 15.1 Å². The number of ether oxygens (including phenoxy) is 2. The highest BCUT2D eigenvalue weighted by molar-refractivity contribution is 5.90. The zero-order valence-corrected chi connectivity index (χ0v) is 17.4. The van der Waals surface area contributed by atoms with Crippen LogP contribution in [0.5, 0.6) is 0 Å². The van der Waals surface area contributed by atoms with Crippen LogP contribution in [0.15, 0.2) is 18.3 Å². The number of pyridine rings is 1. The summed E-state index contributed by atoms with van der Waals surface area (Å²) in [5.74, 6) is 1.15. The molecule has 29 heavy (non-hydrogen) atoms. The Morgan fingerprint density at radius 1 is 1.24 bits per heavy atom. The zero-order valence-electron chi connectivity index (χ0n) is 17.4. The first kappa shape index (κ1) is 19.5. The number of methoxy groups -OCH3 is 1. The Morgan fingerprint density at radius 2 is 1.93 bits per heavy atom. The maximum absolute atomic E-state index is 11.7. The Bertz CT molecular complexity index is 743. The third kappa shape index (κ3) is 3.39. The second kappa shape index (κ2) is 7.64. The van der Waals surface area contributed by atoms with Gasteiger partial charge in [0.15, 0.2) is 0 Å². The van der Waals surface area contributed by atoms with E-state index in [1.54, 1.807) is 6.20 Å². The van der Waals surface area contributed by atoms with Crippen molar-refractivity contribution in [1.29, 1.82) is 0 Å². The van der Waals surface area contributed by atoms with Gasteiger partial charge in [0.1, 0.15) is 11.3 Å². The van der Waals surface area contributed by atoms with Crippen LogP contribution in [-0.4, -0.2) is 54.7 Å². The molecular weight excluding hydrogens is 366 g/mol. The smallest absolute Gasteiger partial charge is 0.267 e. The molecule has 4 aliphatic rings. The Labute approximate surface area is 173 Å². The number of piperidine rings is 1. The molecule has 0 aromatic carbocycles. The monoisotopic (exact) mass is 399 g/mol. The van der Waals surface area contributed by atoms with Gasteiger partial charge in [0.25, 0.3) is 5.91 Å². The van der Waals surface area contributed by atoms with Crippen molar-refractivity contribution in [3.63, 3.8) is 0 Å². The predicted molar refractivity (Wildman–Crippen MR) is 109 cm³/mol. The molecule has 1 aromatic heterocycles. The van der Waals surface area contributed by atoms with Gasteiger partial charge in [-0.05, 0) is 62.1 Å². The van der Waals surface area contributed by atoms with E-state index in [0.717, 1.165) is 37.4 Å². The molecular formula is C23H33N3O3. The highest BCUT2D eigenvalue weighted by Gasteiger charge is 2.53. The third-order valence-electron chi connectivity index (χ3n) is 7.98. The minimum atomic E-state index is -0.477. The summed E-state index contributed by atoms with van der Waals surface area (Å²) in [4.78, 5) is 18.6. The molecule has 0 spiro atoms. The summed E-state index contributed by atoms with van der Waals surface area (Å²) < 4.78 is 12.4. The molecule has 4 bridgehead atoms. The molecule has 1 saturated carbocycles. The van der Waals surface area contributed by atoms with Gasteiger partial charge in [-0.3, -0.25) is 9.78 Å². The van der Waals surface area contributed by atoms with Crippen molar-refractivity contribution in [3.8, 4) is 0 Å². The van der Waals surface area contributed by atoms with Crippen molar-refractivity contribution in [3.05, 3.63) is 29.6 Å². The van der Waals surface area contributed by atoms with Gasteiger partial charge in [-0.25, -0.2) is 0 Å². The summed E-state index contributed by atoms with van der Waals surface area (Å²) in [7, 11) is 1.83. The maximum Gasteiger partial charge on any atom is 0.267 e. The number of hydrogen-bond acceptors (Lipinski definition) is 5. The first-order valence-corrected chi connectivity index (χ1v) is 11.3. The average Bonchev–Trinajstić information content (AvgIpc) is 3.05. The number of rotatable bonds is 5. The van der Waals surface area contributed by atoms with E-state index in [-0.39, 0.29) is 5.60 Å². The molecule has 3 aliphatic heterocycles. The fourth-order valence-corrected chi connectivity index (χ4v) is 6.89. The van der Waals surface area contributed by atoms with Gasteiger partial charge in [-0.15, -0.1) is 0 Å². The number of fused-ring (bicyclic) bond motifs is 4. The van der Waals surface area contributed by atoms with Crippen molar-refractivity contribution in [2.75, 3.05) is 26.7 Å². The molecule has 1 aromatic rings. The van der Waals surface area contributed by atoms with Gasteiger partial charge in [-0.2, -0.15) is 0 Å². The van der Waals surface area contributed by atoms with Gasteiger partial charge >= 0.3 is 0 Å². The molecule has 3 saturated heterocycles. The van der Waals surface area contributed by atoms with E-state index in [4.69, 9.17) is 15.2 Å². The van der Waals surface area contributed by atoms with E-state index in [1.807, 2.05) is 19.2 Å². The van der Waals surface area contributed by atoms with E-state index < -0.39 is 5.91 Å². The fraction of sp³-hybridized carbons (Fsp3) is 0.739. The molecule has 2 N–H and O–H groups in total. The van der Waals surface area contributed by atoms with Crippen molar-refractivity contribution < 1.29 is 14.3 Å². The van der Waals surface area contributed by atoms with Crippen LogP contribution >= 0.6 is 0 Å². The van der Waals surface area contributed by atoms with E-state index in [0.29, 0.717) is 29.7 Å². The highest BCUT2D eigenvalue weighted by atomic mass is 16.5. The van der Waals surface area contributed by atoms with Gasteiger partial charge in [0.05, 0.1) is 12.2 Å². The summed E-state index contributed by atoms with van der Waals surface area (Å²) in [5.41, 5.74) is 6.57. The van der Waals surface area contributed by atoms with E-state index in [2.05, 4.69) is 9.88 Å². The zero-order chi connectivity index (χ0) is 20.0. The quantitative estimate of drug-likeness (QED) is 0.824. The van der Waals surface area contributed by atoms with E-state index in [9.17, 15) is 4.79 Å². The number of carbonyl (C=O) groups excluding carboxylic acids is 1. The largest absolute Gasteiger partial charge is 0.375 e. The Kier molecular flexibility index (Phi) is 5.13. The van der Waals surface area contributed by atoms with E-state index in [1.165, 1.54) is 38.6 Å². The fourth-order valence-electron chi connectivity index (χ4n) is 6.89. The maximum atomic E-state index is 11.7. The lowest BCUT2D eigenvalue weighted by Gasteiger charge is -2.56. The minimum Gasteiger partial charge on any atom is -0.375 e. The number of primary amides is 1. The van der Waals surface area contributed by atoms with Crippen molar-refractivity contribution in [1.82, 2.24) is 9.88 Å². The number of likely N-dealkylation sites (tertiary alicyclic amines) is 1. The van der Waals surface area contributed by atoms with Gasteiger partial charge < -0.3 is 20.1 Å². The molecule has 4 fully saturated rings. The average molecular weight is 400 g/mol. The number of hydrogen-bond donors (Lipinski definition) is 1. The first-order chi connectivity index (χ1) is 14.1. The molecule has 158 valence electrons. The number of nitrogens with zero attached hydrogens (tertiary/aromatic N) is 2. The third-order valence-corrected chi connectivity index (χ3v) is 7.98. The lowest BCUT2D eigenvalue weighted by atomic mass is 9.62. The number of nitrogens with two attached hydrogens (primary N) is 1. The molecule has 4 heterocycles. The topological polar surface area (TPSA) is 77.7 Å². The number of aromatic nitrogens is 1. The van der Waals surface area contributed by atoms with Crippen LogP contribution in [0.25, 0.3) is 0 Å². The molecule has 5 rings (SSSR count). The molecule has 1 amide bonds. The number of amides is 1. The molecule has 6 nitrogen and oxygen atoms in total. The lowest BCUT2D eigenvalue weighted by molar-refractivity contribution is -0.171. The van der Waals surface area contributed by atoms with Crippen LogP contribution in [0.1, 0.15) is 61.0 Å². The second-order valence-corrected chi connectivity index (χ2v) is 9.63. The summed E-state index contributed by atoms with van der Waals surface area (Å²) >= 11 is 0. The summed E-state index contributed by atoms with van der Waals surface area (Å²) in [6.07, 6.45) is 11.2. The Hall–Kier alpha value is -1.50. The highest BCUT2D eigenvalue weighted by Crippen LogP contribution is 2.51. The van der Waals surface area contributed by atoms with Crippen LogP contribution < -0.4 is 5.73 Å². The molecule has 1 aliphatic carbocycles. The number of carbonyl (C=O) groups is 1. The minimum absolute atomic E-state index is 0.331. The van der Waals surface area contributed by atoms with Crippen LogP contribution in [0.3, 0.4) is 0 Å². The van der Waals surface area contributed by atoms with Crippen molar-refractivity contribution in [2.45, 2.75) is 62.8 Å². The molecule has 2 unspecified atom stereocenters. The second-order valence-electron chi connectivity index (χ2n) is 9.63. The van der Waals surface area contributed by atoms with Crippen LogP contribution in [0.2, 0.25) is 0 Å². The van der Waals surface area contributed by atoms with Gasteiger partial charge in [0, 0.05) is 44.8 Å². The lowest BCUT2D eigenvalue weighted by Crippen LogP contribution is -2.59. The van der Waals surface area contributed by atoms with Crippen molar-refractivity contribution >= 4 is 5.91 Å². The molecule has 6 heteroatoms. The summed E-state index contributed by atoms with van der Waals surface area (Å²) in [5, 5.41) is 0. The van der Waals surface area contributed by atoms with Gasteiger partial charge in [-0.1, -0.05) is 6.42 Å². The van der Waals surface area contributed by atoms with Gasteiger partial charge in [0.2, 0.25) is 0 Å². The van der Waals surface area contributed by atoms with Crippen molar-refractivity contribution in [2.24, 2.45) is 23.5 Å². The SMILES string of the molecule is COC1(c2ccnc(C(N)=O)c2)C2CCCC1CN(C[C@@H]1C[C@H]3CC[C@@H](C1)O3)C2. The Balaban J connectivity index is 1.37. The van der Waals surface area contributed by atoms with Crippen LogP contribution in [0.4, 0.5) is 0 Å². The normalized spacial score (nSPS) is 39.4. The Morgan fingerprint density at radius 3 is 2.55 bits per heavy atom. The molecule has 0 radical (unpaired) electrons. The van der Waals surface area contributed by atoms with Crippen LogP contribution in [0, 0.1) is 17.8 Å². The molecule has 5 atom stereocenters. The first-order valence-electron chi connectivity index (χ1n) is 11.3. The predicted octanol–water partition coefficient (Wildman–Crippen LogP) is 2.71. The standard InChI is InChI=1S/C23H33N3O3/c1-28-23(16-7-8-25-21(11-16)22(24)27)17-3-2-4-18(23)14-26(13-17)12-15-9-19-5-6-20(10-15)29-19/h7-8,11,15,17-20H,2-6,9-10,12-14H2,1H3,(H2,24,27)/t15-,17?,18?,19-,20+,23?. The summed E-state index contributed by atoms with van der Waals surface area (Å²) in [6, 6.07) is 3.88.